The average Bonchev–Trinajstić information content (AvgIpc) is 4.01. The minimum Gasteiger partial charge on any atom is -0.309 e. The third-order valence-electron chi connectivity index (χ3n) is 12.3. The molecule has 3 nitrogen and oxygen atoms in total. The van der Waals surface area contributed by atoms with E-state index in [1.807, 2.05) is 0 Å². The second kappa shape index (κ2) is 11.5. The second-order valence-corrected chi connectivity index (χ2v) is 15.3. The molecule has 0 radical (unpaired) electrons. The van der Waals surface area contributed by atoms with E-state index in [1.54, 1.807) is 0 Å². The summed E-state index contributed by atoms with van der Waals surface area (Å²) in [6, 6.07) is 73.8. The summed E-state index contributed by atoms with van der Waals surface area (Å²) < 4.78 is 7.33. The zero-order valence-corrected chi connectivity index (χ0v) is 30.9. The smallest absolute Gasteiger partial charge is 0.0620 e. The van der Waals surface area contributed by atoms with Crippen LogP contribution in [0.5, 0.6) is 0 Å². The Kier molecular flexibility index (Phi) is 6.16. The molecular formula is C54H33N3. The van der Waals surface area contributed by atoms with Crippen LogP contribution in [0.25, 0.3) is 115 Å². The zero-order valence-electron chi connectivity index (χ0n) is 30.9. The molecule has 0 saturated heterocycles. The minimum atomic E-state index is 1.15. The highest BCUT2D eigenvalue weighted by Crippen LogP contribution is 2.46. The van der Waals surface area contributed by atoms with Crippen LogP contribution in [0.4, 0.5) is 0 Å². The van der Waals surface area contributed by atoms with Crippen LogP contribution in [0.1, 0.15) is 0 Å². The van der Waals surface area contributed by atoms with Crippen LogP contribution in [0.3, 0.4) is 0 Å². The molecule has 9 aromatic carbocycles. The van der Waals surface area contributed by atoms with Crippen molar-refractivity contribution in [1.82, 2.24) is 13.5 Å². The highest BCUT2D eigenvalue weighted by molar-refractivity contribution is 6.25. The van der Waals surface area contributed by atoms with Gasteiger partial charge in [-0.1, -0.05) is 115 Å². The van der Waals surface area contributed by atoms with Gasteiger partial charge in [0.25, 0.3) is 0 Å². The maximum Gasteiger partial charge on any atom is 0.0620 e. The Morgan fingerprint density at radius 1 is 0.246 bits per heavy atom. The maximum absolute atomic E-state index is 2.47. The van der Waals surface area contributed by atoms with Gasteiger partial charge in [0.15, 0.2) is 0 Å². The fraction of sp³-hybridized carbons (Fsp3) is 0. The summed E-state index contributed by atoms with van der Waals surface area (Å²) in [5.74, 6) is 0. The zero-order chi connectivity index (χ0) is 37.2. The van der Waals surface area contributed by atoms with Gasteiger partial charge in [-0.2, -0.15) is 0 Å². The second-order valence-electron chi connectivity index (χ2n) is 15.3. The lowest BCUT2D eigenvalue weighted by molar-refractivity contribution is 1.18. The summed E-state index contributed by atoms with van der Waals surface area (Å²) >= 11 is 0. The largest absolute Gasteiger partial charge is 0.309 e. The molecule has 0 aliphatic rings. The van der Waals surface area contributed by atoms with E-state index >= 15 is 0 Å². The Morgan fingerprint density at radius 3 is 1.28 bits per heavy atom. The van der Waals surface area contributed by atoms with E-state index < -0.39 is 0 Å². The summed E-state index contributed by atoms with van der Waals surface area (Å²) in [6.45, 7) is 0. The van der Waals surface area contributed by atoms with Crippen molar-refractivity contribution in [3.63, 3.8) is 0 Å². The monoisotopic (exact) mass is 723 g/mol. The van der Waals surface area contributed by atoms with Gasteiger partial charge in [0.2, 0.25) is 0 Å². The topological polar surface area (TPSA) is 14.3 Å². The molecule has 4 aromatic heterocycles. The highest BCUT2D eigenvalue weighted by Gasteiger charge is 2.23. The van der Waals surface area contributed by atoms with Gasteiger partial charge in [0.1, 0.15) is 0 Å². The van der Waals surface area contributed by atoms with Crippen LogP contribution in [0, 0.1) is 0 Å². The van der Waals surface area contributed by atoms with E-state index in [0.717, 1.165) is 5.69 Å². The molecule has 3 heteroatoms. The fourth-order valence-corrected chi connectivity index (χ4v) is 9.94. The molecule has 57 heavy (non-hydrogen) atoms. The van der Waals surface area contributed by atoms with E-state index in [-0.39, 0.29) is 0 Å². The van der Waals surface area contributed by atoms with Gasteiger partial charge in [-0.15, -0.1) is 0 Å². The third kappa shape index (κ3) is 4.20. The Hall–Kier alpha value is -7.62. The Bertz CT molecular complexity index is 3650. The molecule has 0 unspecified atom stereocenters. The van der Waals surface area contributed by atoms with Gasteiger partial charge < -0.3 is 13.5 Å². The van der Waals surface area contributed by atoms with Crippen molar-refractivity contribution in [2.24, 2.45) is 0 Å². The normalized spacial score (nSPS) is 12.2. The van der Waals surface area contributed by atoms with Gasteiger partial charge >= 0.3 is 0 Å². The lowest BCUT2D eigenvalue weighted by Gasteiger charge is -2.15. The number of rotatable bonds is 4. The standard InChI is InChI=1S/C54H33N3/c1-3-15-37(16-4-1)55-48-23-11-7-19-39(48)44-29-34(27-28-52(44)55)35-30-43(53-45(31-35)40-20-8-12-24-49(40)56(53)38-17-5-2-6-18-38)36-32-46-41-21-9-13-25-50(41)57-51-26-14-10-22-42(51)47(33-36)54(46)57/h1-33H. The highest BCUT2D eigenvalue weighted by atomic mass is 15.0. The SMILES string of the molecule is c1ccc(-n2c3ccccc3c3cc(-c4cc(-c5cc6c7ccccc7n7c8ccccc8c(c5)c67)c5c(c4)c4ccccc4n5-c4ccccc4)ccc32)cc1. The number of aromatic nitrogens is 3. The lowest BCUT2D eigenvalue weighted by atomic mass is 9.93. The molecule has 0 aliphatic carbocycles. The third-order valence-corrected chi connectivity index (χ3v) is 12.3. The van der Waals surface area contributed by atoms with E-state index in [2.05, 4.69) is 214 Å². The molecule has 13 rings (SSSR count). The summed E-state index contributed by atoms with van der Waals surface area (Å²) in [4.78, 5) is 0. The molecule has 0 saturated carbocycles. The lowest BCUT2D eigenvalue weighted by Crippen LogP contribution is -1.96. The first-order chi connectivity index (χ1) is 28.3. The van der Waals surface area contributed by atoms with Crippen LogP contribution in [0.2, 0.25) is 0 Å². The number of hydrogen-bond acceptors (Lipinski definition) is 0. The quantitative estimate of drug-likeness (QED) is 0.172. The number of nitrogens with zero attached hydrogens (tertiary/aromatic N) is 3. The molecule has 0 spiro atoms. The van der Waals surface area contributed by atoms with Gasteiger partial charge in [0.05, 0.1) is 38.6 Å². The number of para-hydroxylation sites is 6. The van der Waals surface area contributed by atoms with Crippen molar-refractivity contribution in [2.45, 2.75) is 0 Å². The first-order valence-electron chi connectivity index (χ1n) is 19.7. The van der Waals surface area contributed by atoms with Gasteiger partial charge in [-0.25, -0.2) is 0 Å². The summed E-state index contributed by atoms with van der Waals surface area (Å²) in [6.07, 6.45) is 0. The minimum absolute atomic E-state index is 1.15. The summed E-state index contributed by atoms with van der Waals surface area (Å²) in [7, 11) is 0. The number of hydrogen-bond donors (Lipinski definition) is 0. The molecule has 0 amide bonds. The van der Waals surface area contributed by atoms with Crippen LogP contribution < -0.4 is 0 Å². The van der Waals surface area contributed by atoms with Crippen molar-refractivity contribution in [3.05, 3.63) is 200 Å². The molecule has 0 fully saturated rings. The summed E-state index contributed by atoms with van der Waals surface area (Å²) in [5.41, 5.74) is 15.8. The molecule has 0 aliphatic heterocycles. The van der Waals surface area contributed by atoms with Crippen molar-refractivity contribution in [1.29, 1.82) is 0 Å². The predicted octanol–water partition coefficient (Wildman–Crippen LogP) is 14.4. The van der Waals surface area contributed by atoms with Crippen LogP contribution in [-0.2, 0) is 0 Å². The molecule has 4 heterocycles. The molecule has 0 atom stereocenters. The van der Waals surface area contributed by atoms with Crippen LogP contribution >= 0.6 is 0 Å². The molecule has 264 valence electrons. The van der Waals surface area contributed by atoms with Crippen molar-refractivity contribution in [2.75, 3.05) is 0 Å². The first kappa shape index (κ1) is 30.7. The molecule has 0 bridgehead atoms. The molecule has 13 aromatic rings. The fourth-order valence-electron chi connectivity index (χ4n) is 9.94. The maximum atomic E-state index is 2.47. The Morgan fingerprint density at radius 2 is 0.667 bits per heavy atom. The van der Waals surface area contributed by atoms with E-state index in [0.29, 0.717) is 0 Å². The van der Waals surface area contributed by atoms with E-state index in [4.69, 9.17) is 0 Å². The van der Waals surface area contributed by atoms with Crippen molar-refractivity contribution < 1.29 is 0 Å². The van der Waals surface area contributed by atoms with Crippen molar-refractivity contribution >= 4 is 81.7 Å². The number of benzene rings is 9. The predicted molar refractivity (Wildman–Crippen MR) is 241 cm³/mol. The Labute approximate surface area is 327 Å². The van der Waals surface area contributed by atoms with E-state index in [9.17, 15) is 0 Å². The van der Waals surface area contributed by atoms with Crippen LogP contribution in [-0.4, -0.2) is 13.5 Å². The summed E-state index contributed by atoms with van der Waals surface area (Å²) in [5, 5.41) is 10.1. The molecular weight excluding hydrogens is 691 g/mol. The average molecular weight is 724 g/mol. The van der Waals surface area contributed by atoms with Gasteiger partial charge in [-0.3, -0.25) is 0 Å². The Balaban J connectivity index is 1.16. The molecule has 0 N–H and O–H groups in total. The van der Waals surface area contributed by atoms with Crippen LogP contribution in [0.15, 0.2) is 200 Å². The number of fused-ring (bicyclic) bond motifs is 12. The first-order valence-corrected chi connectivity index (χ1v) is 19.7. The van der Waals surface area contributed by atoms with Gasteiger partial charge in [-0.05, 0) is 102 Å². The van der Waals surface area contributed by atoms with Crippen molar-refractivity contribution in [3.8, 4) is 33.6 Å². The van der Waals surface area contributed by atoms with E-state index in [1.165, 1.54) is 110 Å². The van der Waals surface area contributed by atoms with Gasteiger partial charge in [0, 0.05) is 60.0 Å².